The number of phenols is 1. The van der Waals surface area contributed by atoms with Crippen molar-refractivity contribution in [2.24, 2.45) is 0 Å². The van der Waals surface area contributed by atoms with Crippen molar-refractivity contribution in [3.8, 4) is 5.75 Å². The summed E-state index contributed by atoms with van der Waals surface area (Å²) in [5.74, 6) is 0.368. The highest BCUT2D eigenvalue weighted by Crippen LogP contribution is 2.29. The normalized spacial score (nSPS) is 11.4. The molecule has 21 heavy (non-hydrogen) atoms. The summed E-state index contributed by atoms with van der Waals surface area (Å²) in [6.07, 6.45) is 0. The van der Waals surface area contributed by atoms with Crippen LogP contribution in [0, 0.1) is 0 Å². The predicted molar refractivity (Wildman–Crippen MR) is 92.8 cm³/mol. The molecule has 0 amide bonds. The maximum Gasteiger partial charge on any atom is 0.120 e. The Morgan fingerprint density at radius 2 is 1.86 bits per heavy atom. The van der Waals surface area contributed by atoms with Crippen molar-refractivity contribution in [3.63, 3.8) is 0 Å². The van der Waals surface area contributed by atoms with E-state index in [1.165, 1.54) is 4.88 Å². The molecule has 0 aliphatic rings. The highest BCUT2D eigenvalue weighted by atomic mass is 79.9. The number of rotatable bonds is 4. The lowest BCUT2D eigenvalue weighted by molar-refractivity contribution is 0.317. The molecule has 0 unspecified atom stereocenters. The van der Waals surface area contributed by atoms with Gasteiger partial charge in [-0.05, 0) is 51.9 Å². The van der Waals surface area contributed by atoms with E-state index in [2.05, 4.69) is 52.1 Å². The fourth-order valence-electron chi connectivity index (χ4n) is 2.52. The SMILES string of the molecule is CN(Cc1ccc(Br)s1)Cc1c(O)ccc2ccccc12. The summed E-state index contributed by atoms with van der Waals surface area (Å²) in [7, 11) is 2.08. The molecule has 0 bridgehead atoms. The molecule has 3 aromatic rings. The molecule has 0 fully saturated rings. The standard InChI is InChI=1S/C17H16BrNOS/c1-19(10-13-7-9-17(18)21-13)11-15-14-5-3-2-4-12(14)6-8-16(15)20/h2-9,20H,10-11H2,1H3. The van der Waals surface area contributed by atoms with Crippen molar-refractivity contribution in [3.05, 3.63) is 62.8 Å². The lowest BCUT2D eigenvalue weighted by Gasteiger charge is -2.18. The second-order valence-corrected chi connectivity index (χ2v) is 7.71. The second-order valence-electron chi connectivity index (χ2n) is 5.16. The van der Waals surface area contributed by atoms with Crippen LogP contribution in [0.2, 0.25) is 0 Å². The van der Waals surface area contributed by atoms with Crippen LogP contribution in [0.15, 0.2) is 52.3 Å². The first-order valence-corrected chi connectivity index (χ1v) is 8.37. The van der Waals surface area contributed by atoms with E-state index in [-0.39, 0.29) is 0 Å². The Bertz CT molecular complexity index is 768. The van der Waals surface area contributed by atoms with Gasteiger partial charge in [-0.25, -0.2) is 0 Å². The molecule has 0 saturated heterocycles. The summed E-state index contributed by atoms with van der Waals surface area (Å²) in [5, 5.41) is 12.5. The zero-order valence-electron chi connectivity index (χ0n) is 11.7. The Hall–Kier alpha value is -1.36. The largest absolute Gasteiger partial charge is 0.508 e. The monoisotopic (exact) mass is 361 g/mol. The van der Waals surface area contributed by atoms with Gasteiger partial charge in [0.2, 0.25) is 0 Å². The van der Waals surface area contributed by atoms with E-state index in [4.69, 9.17) is 0 Å². The Balaban J connectivity index is 1.85. The quantitative estimate of drug-likeness (QED) is 0.706. The maximum absolute atomic E-state index is 10.2. The van der Waals surface area contributed by atoms with Gasteiger partial charge < -0.3 is 5.11 Å². The summed E-state index contributed by atoms with van der Waals surface area (Å²) < 4.78 is 1.15. The van der Waals surface area contributed by atoms with E-state index in [0.29, 0.717) is 5.75 Å². The summed E-state index contributed by atoms with van der Waals surface area (Å²) in [6.45, 7) is 1.60. The van der Waals surface area contributed by atoms with E-state index in [1.807, 2.05) is 18.2 Å². The molecule has 2 nitrogen and oxygen atoms in total. The van der Waals surface area contributed by atoms with Crippen LogP contribution in [0.25, 0.3) is 10.8 Å². The molecule has 1 aromatic heterocycles. The van der Waals surface area contributed by atoms with E-state index >= 15 is 0 Å². The number of fused-ring (bicyclic) bond motifs is 1. The molecule has 0 atom stereocenters. The molecule has 0 aliphatic carbocycles. The molecule has 1 N–H and O–H groups in total. The molecule has 0 radical (unpaired) electrons. The Morgan fingerprint density at radius 3 is 2.62 bits per heavy atom. The first-order valence-electron chi connectivity index (χ1n) is 6.76. The van der Waals surface area contributed by atoms with Crippen LogP contribution < -0.4 is 0 Å². The molecule has 0 spiro atoms. The van der Waals surface area contributed by atoms with Gasteiger partial charge >= 0.3 is 0 Å². The van der Waals surface area contributed by atoms with Crippen LogP contribution in [0.3, 0.4) is 0 Å². The van der Waals surface area contributed by atoms with Gasteiger partial charge in [-0.3, -0.25) is 4.90 Å². The molecule has 1 heterocycles. The molecule has 4 heteroatoms. The topological polar surface area (TPSA) is 23.5 Å². The zero-order valence-corrected chi connectivity index (χ0v) is 14.1. The number of halogens is 1. The predicted octanol–water partition coefficient (Wildman–Crippen LogP) is 5.00. The fraction of sp³-hybridized carbons (Fsp3) is 0.176. The molecule has 3 rings (SSSR count). The van der Waals surface area contributed by atoms with Crippen LogP contribution in [0.1, 0.15) is 10.4 Å². The summed E-state index contributed by atoms with van der Waals surface area (Å²) >= 11 is 5.24. The highest BCUT2D eigenvalue weighted by Gasteiger charge is 2.10. The van der Waals surface area contributed by atoms with Crippen LogP contribution in [-0.4, -0.2) is 17.1 Å². The zero-order chi connectivity index (χ0) is 14.8. The fourth-order valence-corrected chi connectivity index (χ4v) is 4.08. The second kappa shape index (κ2) is 6.18. The summed E-state index contributed by atoms with van der Waals surface area (Å²) in [5.41, 5.74) is 0.992. The van der Waals surface area contributed by atoms with Gasteiger partial charge in [0.15, 0.2) is 0 Å². The lowest BCUT2D eigenvalue weighted by atomic mass is 10.0. The van der Waals surface area contributed by atoms with Gasteiger partial charge in [-0.2, -0.15) is 0 Å². The Kier molecular flexibility index (Phi) is 4.29. The molecule has 108 valence electrons. The number of benzene rings is 2. The van der Waals surface area contributed by atoms with E-state index in [9.17, 15) is 5.11 Å². The van der Waals surface area contributed by atoms with Crippen LogP contribution in [0.4, 0.5) is 0 Å². The van der Waals surface area contributed by atoms with Crippen molar-refractivity contribution < 1.29 is 5.11 Å². The van der Waals surface area contributed by atoms with Gasteiger partial charge in [-0.15, -0.1) is 11.3 Å². The molecule has 2 aromatic carbocycles. The number of thiophene rings is 1. The first kappa shape index (κ1) is 14.6. The number of hydrogen-bond donors (Lipinski definition) is 1. The molecule has 0 saturated carbocycles. The molecule has 0 aliphatic heterocycles. The lowest BCUT2D eigenvalue weighted by Crippen LogP contribution is -2.16. The van der Waals surface area contributed by atoms with Crippen LogP contribution >= 0.6 is 27.3 Å². The molecular formula is C17H16BrNOS. The Morgan fingerprint density at radius 1 is 1.05 bits per heavy atom. The van der Waals surface area contributed by atoms with Crippen molar-refractivity contribution >= 4 is 38.0 Å². The summed E-state index contributed by atoms with van der Waals surface area (Å²) in [6, 6.07) is 16.1. The van der Waals surface area contributed by atoms with Crippen molar-refractivity contribution in [1.82, 2.24) is 4.90 Å². The minimum Gasteiger partial charge on any atom is -0.508 e. The minimum absolute atomic E-state index is 0.368. The molecular weight excluding hydrogens is 346 g/mol. The smallest absolute Gasteiger partial charge is 0.120 e. The van der Waals surface area contributed by atoms with Crippen LogP contribution in [0.5, 0.6) is 5.75 Å². The first-order chi connectivity index (χ1) is 10.1. The minimum atomic E-state index is 0.368. The highest BCUT2D eigenvalue weighted by molar-refractivity contribution is 9.11. The maximum atomic E-state index is 10.2. The van der Waals surface area contributed by atoms with Crippen molar-refractivity contribution in [2.45, 2.75) is 13.1 Å². The van der Waals surface area contributed by atoms with E-state index in [1.54, 1.807) is 17.4 Å². The average molecular weight is 362 g/mol. The van der Waals surface area contributed by atoms with E-state index < -0.39 is 0 Å². The van der Waals surface area contributed by atoms with Gasteiger partial charge in [-0.1, -0.05) is 30.3 Å². The third-order valence-electron chi connectivity index (χ3n) is 3.50. The van der Waals surface area contributed by atoms with Crippen molar-refractivity contribution in [1.29, 1.82) is 0 Å². The van der Waals surface area contributed by atoms with Crippen molar-refractivity contribution in [2.75, 3.05) is 7.05 Å². The Labute approximate surface area is 136 Å². The van der Waals surface area contributed by atoms with Gasteiger partial charge in [0.25, 0.3) is 0 Å². The third kappa shape index (κ3) is 3.28. The number of phenolic OH excluding ortho intramolecular Hbond substituents is 1. The summed E-state index contributed by atoms with van der Waals surface area (Å²) in [4.78, 5) is 3.53. The van der Waals surface area contributed by atoms with E-state index in [0.717, 1.165) is 33.2 Å². The van der Waals surface area contributed by atoms with Crippen LogP contribution in [-0.2, 0) is 13.1 Å². The van der Waals surface area contributed by atoms with Gasteiger partial charge in [0, 0.05) is 23.5 Å². The van der Waals surface area contributed by atoms with Gasteiger partial charge in [0.1, 0.15) is 5.75 Å². The van der Waals surface area contributed by atoms with Gasteiger partial charge in [0.05, 0.1) is 3.79 Å². The third-order valence-corrected chi connectivity index (χ3v) is 5.11. The number of aromatic hydroxyl groups is 1. The number of nitrogens with zero attached hydrogens (tertiary/aromatic N) is 1. The average Bonchev–Trinajstić information content (AvgIpc) is 2.87. The number of hydrogen-bond acceptors (Lipinski definition) is 3.